The van der Waals surface area contributed by atoms with E-state index in [4.69, 9.17) is 14.2 Å². The SMILES string of the molecule is CCCCCCCCCCCCCCCCCCCCCCOc1c(C#Cc2cc(OCCCCCC)c(C#C[Si](C(C)C)(C(C)C)C(C)C)cc2OCCCCCC)cc(C)cc1C#C[Si](C)(C)CCCC#N. The highest BCUT2D eigenvalue weighted by molar-refractivity contribution is 6.90. The lowest BCUT2D eigenvalue weighted by Gasteiger charge is -2.38. The van der Waals surface area contributed by atoms with Gasteiger partial charge in [-0.3, -0.25) is 0 Å². The van der Waals surface area contributed by atoms with Gasteiger partial charge in [0.25, 0.3) is 0 Å². The summed E-state index contributed by atoms with van der Waals surface area (Å²) >= 11 is 0. The molecule has 414 valence electrons. The Hall–Kier alpha value is -3.56. The van der Waals surface area contributed by atoms with Crippen molar-refractivity contribution in [2.75, 3.05) is 19.8 Å². The van der Waals surface area contributed by atoms with Crippen molar-refractivity contribution in [1.82, 2.24) is 0 Å². The summed E-state index contributed by atoms with van der Waals surface area (Å²) in [4.78, 5) is 0. The van der Waals surface area contributed by atoms with Crippen molar-refractivity contribution in [1.29, 1.82) is 5.26 Å². The maximum atomic E-state index is 9.24. The zero-order chi connectivity index (χ0) is 54.3. The van der Waals surface area contributed by atoms with Crippen molar-refractivity contribution in [3.8, 4) is 58.1 Å². The fourth-order valence-electron chi connectivity index (χ4n) is 10.7. The van der Waals surface area contributed by atoms with E-state index in [-0.39, 0.29) is 0 Å². The number of hydrogen-bond acceptors (Lipinski definition) is 4. The van der Waals surface area contributed by atoms with Gasteiger partial charge >= 0.3 is 0 Å². The van der Waals surface area contributed by atoms with Crippen LogP contribution in [0.15, 0.2) is 24.3 Å². The van der Waals surface area contributed by atoms with E-state index in [0.717, 1.165) is 96.1 Å². The summed E-state index contributed by atoms with van der Waals surface area (Å²) in [7, 11) is -3.89. The van der Waals surface area contributed by atoms with Gasteiger partial charge in [0, 0.05) is 18.6 Å². The first-order valence-electron chi connectivity index (χ1n) is 30.9. The zero-order valence-electron chi connectivity index (χ0n) is 50.3. The molecule has 0 heterocycles. The number of ether oxygens (including phenoxy) is 3. The fourth-order valence-corrected chi connectivity index (χ4v) is 17.6. The quantitative estimate of drug-likeness (QED) is 0.0379. The third-order valence-corrected chi connectivity index (χ3v) is 24.0. The highest BCUT2D eigenvalue weighted by atomic mass is 28.3. The molecule has 0 atom stereocenters. The number of unbranched alkanes of at least 4 members (excludes halogenated alkanes) is 26. The molecule has 0 aliphatic carbocycles. The lowest BCUT2D eigenvalue weighted by molar-refractivity contribution is 0.295. The van der Waals surface area contributed by atoms with Crippen molar-refractivity contribution in [3.63, 3.8) is 0 Å². The van der Waals surface area contributed by atoms with Gasteiger partial charge in [0.15, 0.2) is 5.75 Å². The van der Waals surface area contributed by atoms with Gasteiger partial charge in [-0.1, -0.05) is 260 Å². The Morgan fingerprint density at radius 2 is 0.757 bits per heavy atom. The molecule has 0 aliphatic rings. The van der Waals surface area contributed by atoms with Crippen LogP contribution in [0.25, 0.3) is 0 Å². The minimum Gasteiger partial charge on any atom is -0.492 e. The van der Waals surface area contributed by atoms with Gasteiger partial charge in [0.2, 0.25) is 0 Å². The van der Waals surface area contributed by atoms with Crippen molar-refractivity contribution in [3.05, 3.63) is 52.1 Å². The molecule has 0 aromatic heterocycles. The van der Waals surface area contributed by atoms with Crippen LogP contribution in [0.1, 0.15) is 283 Å². The highest BCUT2D eigenvalue weighted by Crippen LogP contribution is 2.41. The van der Waals surface area contributed by atoms with E-state index in [1.54, 1.807) is 0 Å². The average molecular weight is 1050 g/mol. The Morgan fingerprint density at radius 3 is 1.16 bits per heavy atom. The van der Waals surface area contributed by atoms with Gasteiger partial charge in [0.05, 0.1) is 48.1 Å². The predicted octanol–water partition coefficient (Wildman–Crippen LogP) is 21.0. The number of aryl methyl sites for hydroxylation is 1. The molecule has 0 spiro atoms. The smallest absolute Gasteiger partial charge is 0.150 e. The summed E-state index contributed by atoms with van der Waals surface area (Å²) in [5.74, 6) is 16.9. The molecule has 0 bridgehead atoms. The summed E-state index contributed by atoms with van der Waals surface area (Å²) in [6, 6.07) is 11.9. The minimum atomic E-state index is -2.02. The third kappa shape index (κ3) is 27.5. The first kappa shape index (κ1) is 66.6. The van der Waals surface area contributed by atoms with Gasteiger partial charge in [-0.25, -0.2) is 0 Å². The van der Waals surface area contributed by atoms with Crippen LogP contribution in [0.4, 0.5) is 0 Å². The van der Waals surface area contributed by atoms with Crippen LogP contribution in [0.5, 0.6) is 17.2 Å². The Bertz CT molecular complexity index is 2020. The zero-order valence-corrected chi connectivity index (χ0v) is 52.3. The van der Waals surface area contributed by atoms with E-state index in [1.807, 2.05) is 0 Å². The summed E-state index contributed by atoms with van der Waals surface area (Å²) in [5, 5.41) is 9.24. The van der Waals surface area contributed by atoms with Crippen LogP contribution >= 0.6 is 0 Å². The second kappa shape index (κ2) is 40.7. The Labute approximate surface area is 460 Å². The summed E-state index contributed by atoms with van der Waals surface area (Å²) in [6.07, 6.45) is 37.8. The Morgan fingerprint density at radius 1 is 0.419 bits per heavy atom. The summed E-state index contributed by atoms with van der Waals surface area (Å²) < 4.78 is 20.2. The second-order valence-electron chi connectivity index (χ2n) is 23.5. The van der Waals surface area contributed by atoms with Crippen LogP contribution in [-0.4, -0.2) is 36.0 Å². The predicted molar refractivity (Wildman–Crippen MR) is 328 cm³/mol. The number of hydrogen-bond donors (Lipinski definition) is 0. The maximum absolute atomic E-state index is 9.24. The lowest BCUT2D eigenvalue weighted by Crippen LogP contribution is -2.43. The normalized spacial score (nSPS) is 11.5. The van der Waals surface area contributed by atoms with Crippen molar-refractivity contribution in [2.45, 2.75) is 298 Å². The summed E-state index contributed by atoms with van der Waals surface area (Å²) in [6.45, 7) is 29.7. The van der Waals surface area contributed by atoms with Gasteiger partial charge in [-0.2, -0.15) is 5.26 Å². The molecule has 0 aliphatic heterocycles. The molecule has 0 saturated carbocycles. The summed E-state index contributed by atoms with van der Waals surface area (Å²) in [5.41, 5.74) is 13.9. The van der Waals surface area contributed by atoms with Gasteiger partial charge < -0.3 is 14.2 Å². The molecular weight excluding hydrogens is 935 g/mol. The molecule has 0 N–H and O–H groups in total. The number of nitriles is 1. The second-order valence-corrected chi connectivity index (χ2v) is 33.6. The van der Waals surface area contributed by atoms with E-state index in [9.17, 15) is 5.26 Å². The maximum Gasteiger partial charge on any atom is 0.150 e. The van der Waals surface area contributed by atoms with Crippen LogP contribution in [0.3, 0.4) is 0 Å². The van der Waals surface area contributed by atoms with Gasteiger partial charge in [-0.15, -0.1) is 11.1 Å². The van der Waals surface area contributed by atoms with Crippen LogP contribution < -0.4 is 14.2 Å². The molecule has 0 saturated heterocycles. The van der Waals surface area contributed by atoms with E-state index >= 15 is 0 Å². The average Bonchev–Trinajstić information content (AvgIpc) is 3.36. The number of benzene rings is 2. The first-order chi connectivity index (χ1) is 35.8. The minimum absolute atomic E-state index is 0.527. The standard InChI is InChI=1S/C68H111NO3Si2/c1-13-16-19-22-23-24-25-26-27-28-29-30-31-32-33-34-35-36-37-41-50-72-68-64(54-61(10)55-65(68)45-52-73(11,12)51-42-38-47-69)44-43-62-56-67(71-49-40-21-18-15-3)63(57-66(62)70-48-39-20-17-14-2)46-53-74(58(4)5,59(6)7)60(8)9/h54-60H,13-42,48-51H2,1-12H3. The number of nitrogens with zero attached hydrogens (tertiary/aromatic N) is 1. The van der Waals surface area contributed by atoms with E-state index < -0.39 is 16.1 Å². The van der Waals surface area contributed by atoms with Crippen LogP contribution in [0, 0.1) is 53.0 Å². The molecule has 74 heavy (non-hydrogen) atoms. The molecule has 2 aromatic rings. The van der Waals surface area contributed by atoms with Crippen LogP contribution in [-0.2, 0) is 0 Å². The van der Waals surface area contributed by atoms with Gasteiger partial charge in [-0.05, 0) is 73.0 Å². The molecule has 2 rings (SSSR count). The first-order valence-corrected chi connectivity index (χ1v) is 36.4. The molecule has 4 nitrogen and oxygen atoms in total. The topological polar surface area (TPSA) is 51.5 Å². The van der Waals surface area contributed by atoms with Crippen LogP contribution in [0.2, 0.25) is 35.8 Å². The number of rotatable bonds is 40. The molecule has 2 aromatic carbocycles. The Kier molecular flexibility index (Phi) is 36.6. The highest BCUT2D eigenvalue weighted by Gasteiger charge is 2.41. The van der Waals surface area contributed by atoms with Crippen molar-refractivity contribution < 1.29 is 14.2 Å². The molecule has 6 heteroatoms. The Balaban J connectivity index is 2.38. The van der Waals surface area contributed by atoms with Crippen molar-refractivity contribution >= 4 is 16.1 Å². The van der Waals surface area contributed by atoms with E-state index in [0.29, 0.717) is 42.9 Å². The lowest BCUT2D eigenvalue weighted by atomic mass is 10.0. The van der Waals surface area contributed by atoms with E-state index in [1.165, 1.54) is 141 Å². The third-order valence-electron chi connectivity index (χ3n) is 15.3. The molecular formula is C68H111NO3Si2. The van der Waals surface area contributed by atoms with E-state index in [2.05, 4.69) is 147 Å². The van der Waals surface area contributed by atoms with Crippen molar-refractivity contribution in [2.24, 2.45) is 0 Å². The molecule has 0 unspecified atom stereocenters. The monoisotopic (exact) mass is 1050 g/mol. The largest absolute Gasteiger partial charge is 0.492 e. The molecule has 0 fully saturated rings. The molecule has 0 radical (unpaired) electrons. The molecule has 0 amide bonds. The van der Waals surface area contributed by atoms with Gasteiger partial charge in [0.1, 0.15) is 27.6 Å². The fraction of sp³-hybridized carbons (Fsp3) is 0.721.